The molecule has 1 atom stereocenters. The van der Waals surface area contributed by atoms with Crippen LogP contribution in [0.3, 0.4) is 0 Å². The average molecular weight is 217 g/mol. The van der Waals surface area contributed by atoms with Gasteiger partial charge in [-0.05, 0) is 18.8 Å². The Hall–Kier alpha value is -0.310. The van der Waals surface area contributed by atoms with E-state index >= 15 is 0 Å². The lowest BCUT2D eigenvalue weighted by atomic mass is 10.1. The van der Waals surface area contributed by atoms with Crippen molar-refractivity contribution in [2.75, 3.05) is 0 Å². The summed E-state index contributed by atoms with van der Waals surface area (Å²) < 4.78 is 0. The van der Waals surface area contributed by atoms with Crippen molar-refractivity contribution in [3.8, 4) is 0 Å². The monoisotopic (exact) mass is 216 g/mol. The molecule has 1 fully saturated rings. The first kappa shape index (κ1) is 9.25. The van der Waals surface area contributed by atoms with Crippen molar-refractivity contribution in [3.05, 3.63) is 28.0 Å². The van der Waals surface area contributed by atoms with Gasteiger partial charge in [-0.15, -0.1) is 0 Å². The SMILES string of the molecule is NC(c1c(Cl)cncc1Cl)C1CC1. The van der Waals surface area contributed by atoms with Crippen molar-refractivity contribution in [1.82, 2.24) is 4.98 Å². The predicted molar refractivity (Wildman–Crippen MR) is 53.9 cm³/mol. The zero-order valence-corrected chi connectivity index (χ0v) is 8.52. The van der Waals surface area contributed by atoms with Gasteiger partial charge in [0.05, 0.1) is 10.0 Å². The number of hydrogen-bond acceptors (Lipinski definition) is 2. The maximum Gasteiger partial charge on any atom is 0.0652 e. The Labute approximate surface area is 87.1 Å². The van der Waals surface area contributed by atoms with Crippen molar-refractivity contribution < 1.29 is 0 Å². The number of nitrogens with zero attached hydrogens (tertiary/aromatic N) is 1. The highest BCUT2D eigenvalue weighted by atomic mass is 35.5. The maximum absolute atomic E-state index is 6.01. The van der Waals surface area contributed by atoms with Crippen LogP contribution in [0.5, 0.6) is 0 Å². The summed E-state index contributed by atoms with van der Waals surface area (Å²) in [6, 6.07) is -0.0250. The van der Waals surface area contributed by atoms with E-state index in [0.717, 1.165) is 5.56 Å². The van der Waals surface area contributed by atoms with Gasteiger partial charge < -0.3 is 5.73 Å². The van der Waals surface area contributed by atoms with E-state index in [-0.39, 0.29) is 6.04 Å². The van der Waals surface area contributed by atoms with Crippen LogP contribution in [-0.4, -0.2) is 4.98 Å². The van der Waals surface area contributed by atoms with Crippen molar-refractivity contribution in [2.45, 2.75) is 18.9 Å². The third kappa shape index (κ3) is 1.80. The van der Waals surface area contributed by atoms with Crippen LogP contribution in [0, 0.1) is 5.92 Å². The summed E-state index contributed by atoms with van der Waals surface area (Å²) >= 11 is 11.9. The molecule has 1 aromatic heterocycles. The summed E-state index contributed by atoms with van der Waals surface area (Å²) in [5.74, 6) is 0.553. The largest absolute Gasteiger partial charge is 0.324 e. The molecule has 0 aliphatic heterocycles. The van der Waals surface area contributed by atoms with Crippen LogP contribution >= 0.6 is 23.2 Å². The standard InChI is InChI=1S/C9H10Cl2N2/c10-6-3-13-4-7(11)8(6)9(12)5-1-2-5/h3-5,9H,1-2,12H2. The van der Waals surface area contributed by atoms with Gasteiger partial charge in [-0.2, -0.15) is 0 Å². The van der Waals surface area contributed by atoms with Gasteiger partial charge in [-0.3, -0.25) is 4.98 Å². The molecule has 13 heavy (non-hydrogen) atoms. The zero-order chi connectivity index (χ0) is 9.42. The van der Waals surface area contributed by atoms with Crippen LogP contribution < -0.4 is 5.73 Å². The minimum Gasteiger partial charge on any atom is -0.324 e. The Kier molecular flexibility index (Phi) is 2.45. The number of aromatic nitrogens is 1. The first-order chi connectivity index (χ1) is 6.20. The number of nitrogens with two attached hydrogens (primary N) is 1. The van der Waals surface area contributed by atoms with Crippen molar-refractivity contribution in [2.24, 2.45) is 11.7 Å². The lowest BCUT2D eigenvalue weighted by Gasteiger charge is -2.13. The second-order valence-electron chi connectivity index (χ2n) is 3.38. The molecule has 2 rings (SSSR count). The first-order valence-corrected chi connectivity index (χ1v) is 5.00. The normalized spacial score (nSPS) is 18.7. The Bertz CT molecular complexity index is 303. The fraction of sp³-hybridized carbons (Fsp3) is 0.444. The molecule has 1 unspecified atom stereocenters. The lowest BCUT2D eigenvalue weighted by molar-refractivity contribution is 0.633. The van der Waals surface area contributed by atoms with Crippen LogP contribution in [0.25, 0.3) is 0 Å². The average Bonchev–Trinajstić information content (AvgIpc) is 2.85. The molecule has 4 heteroatoms. The van der Waals surface area contributed by atoms with Crippen LogP contribution in [0.15, 0.2) is 12.4 Å². The number of halogens is 2. The highest BCUT2D eigenvalue weighted by Gasteiger charge is 2.31. The van der Waals surface area contributed by atoms with E-state index in [1.807, 2.05) is 0 Å². The summed E-state index contributed by atoms with van der Waals surface area (Å²) in [6.45, 7) is 0. The van der Waals surface area contributed by atoms with Crippen LogP contribution in [0.1, 0.15) is 24.4 Å². The predicted octanol–water partition coefficient (Wildman–Crippen LogP) is 2.80. The van der Waals surface area contributed by atoms with E-state index in [9.17, 15) is 0 Å². The third-order valence-corrected chi connectivity index (χ3v) is 2.96. The van der Waals surface area contributed by atoms with Gasteiger partial charge in [0, 0.05) is 24.0 Å². The molecule has 0 aromatic carbocycles. The van der Waals surface area contributed by atoms with Gasteiger partial charge in [0.15, 0.2) is 0 Å². The first-order valence-electron chi connectivity index (χ1n) is 4.24. The Balaban J connectivity index is 2.36. The van der Waals surface area contributed by atoms with E-state index in [2.05, 4.69) is 4.98 Å². The fourth-order valence-corrected chi connectivity index (χ4v) is 2.05. The lowest BCUT2D eigenvalue weighted by Crippen LogP contribution is -2.13. The van der Waals surface area contributed by atoms with Gasteiger partial charge in [0.2, 0.25) is 0 Å². The van der Waals surface area contributed by atoms with Crippen LogP contribution in [0.2, 0.25) is 10.0 Å². The molecule has 1 saturated carbocycles. The van der Waals surface area contributed by atoms with Gasteiger partial charge in [0.25, 0.3) is 0 Å². The van der Waals surface area contributed by atoms with Crippen LogP contribution in [0.4, 0.5) is 0 Å². The second kappa shape index (κ2) is 3.45. The smallest absolute Gasteiger partial charge is 0.0652 e. The third-order valence-electron chi connectivity index (χ3n) is 2.35. The molecule has 0 bridgehead atoms. The molecule has 0 saturated heterocycles. The summed E-state index contributed by atoms with van der Waals surface area (Å²) in [5.41, 5.74) is 6.85. The molecule has 2 nitrogen and oxygen atoms in total. The molecule has 0 amide bonds. The molecular formula is C9H10Cl2N2. The molecule has 70 valence electrons. The summed E-state index contributed by atoms with van der Waals surface area (Å²) in [7, 11) is 0. The van der Waals surface area contributed by atoms with Crippen molar-refractivity contribution in [1.29, 1.82) is 0 Å². The summed E-state index contributed by atoms with van der Waals surface area (Å²) in [4.78, 5) is 3.89. The summed E-state index contributed by atoms with van der Waals surface area (Å²) in [5, 5.41) is 1.15. The van der Waals surface area contributed by atoms with Gasteiger partial charge in [0.1, 0.15) is 0 Å². The molecule has 0 radical (unpaired) electrons. The van der Waals surface area contributed by atoms with Gasteiger partial charge in [-0.1, -0.05) is 23.2 Å². The highest BCUT2D eigenvalue weighted by molar-refractivity contribution is 6.35. The van der Waals surface area contributed by atoms with Crippen LogP contribution in [-0.2, 0) is 0 Å². The Morgan fingerprint density at radius 2 is 1.85 bits per heavy atom. The minimum atomic E-state index is -0.0250. The van der Waals surface area contributed by atoms with E-state index in [4.69, 9.17) is 28.9 Å². The maximum atomic E-state index is 6.01. The molecule has 2 N–H and O–H groups in total. The number of pyridine rings is 1. The number of rotatable bonds is 2. The molecule has 0 spiro atoms. The minimum absolute atomic E-state index is 0.0250. The quantitative estimate of drug-likeness (QED) is 0.827. The molecule has 1 aliphatic rings. The topological polar surface area (TPSA) is 38.9 Å². The summed E-state index contributed by atoms with van der Waals surface area (Å²) in [6.07, 6.45) is 5.53. The fourth-order valence-electron chi connectivity index (χ4n) is 1.43. The van der Waals surface area contributed by atoms with Gasteiger partial charge in [-0.25, -0.2) is 0 Å². The van der Waals surface area contributed by atoms with E-state index < -0.39 is 0 Å². The Morgan fingerprint density at radius 1 is 1.31 bits per heavy atom. The molecule has 1 aromatic rings. The molecule has 1 heterocycles. The van der Waals surface area contributed by atoms with Crippen molar-refractivity contribution in [3.63, 3.8) is 0 Å². The zero-order valence-electron chi connectivity index (χ0n) is 7.00. The molecule has 1 aliphatic carbocycles. The van der Waals surface area contributed by atoms with Crippen molar-refractivity contribution >= 4 is 23.2 Å². The van der Waals surface area contributed by atoms with E-state index in [0.29, 0.717) is 16.0 Å². The second-order valence-corrected chi connectivity index (χ2v) is 4.19. The molecular weight excluding hydrogens is 207 g/mol. The highest BCUT2D eigenvalue weighted by Crippen LogP contribution is 2.43. The van der Waals surface area contributed by atoms with E-state index in [1.54, 1.807) is 12.4 Å². The number of hydrogen-bond donors (Lipinski definition) is 1. The van der Waals surface area contributed by atoms with E-state index in [1.165, 1.54) is 12.8 Å². The van der Waals surface area contributed by atoms with Gasteiger partial charge >= 0.3 is 0 Å². The Morgan fingerprint density at radius 3 is 2.31 bits per heavy atom.